The van der Waals surface area contributed by atoms with Crippen LogP contribution in [0.5, 0.6) is 0 Å². The molecule has 3 aliphatic rings. The third-order valence-electron chi connectivity index (χ3n) is 7.75. The van der Waals surface area contributed by atoms with Gasteiger partial charge in [0.1, 0.15) is 12.4 Å². The minimum absolute atomic E-state index is 0.0288. The first-order valence-electron chi connectivity index (χ1n) is 13.5. The van der Waals surface area contributed by atoms with Gasteiger partial charge in [-0.3, -0.25) is 14.5 Å². The van der Waals surface area contributed by atoms with Gasteiger partial charge in [-0.1, -0.05) is 60.8 Å². The zero-order valence-corrected chi connectivity index (χ0v) is 22.3. The van der Waals surface area contributed by atoms with Crippen LogP contribution in [-0.4, -0.2) is 78.3 Å². The second kappa shape index (κ2) is 12.4. The predicted octanol–water partition coefficient (Wildman–Crippen LogP) is 4.51. The highest BCUT2D eigenvalue weighted by Crippen LogP contribution is 2.36. The van der Waals surface area contributed by atoms with Crippen LogP contribution >= 0.6 is 11.6 Å². The molecule has 0 spiro atoms. The largest absolute Gasteiger partial charge is 0.379 e. The molecule has 0 bridgehead atoms. The first kappa shape index (κ1) is 26.8. The van der Waals surface area contributed by atoms with Gasteiger partial charge in [0.05, 0.1) is 25.0 Å². The van der Waals surface area contributed by atoms with E-state index in [0.717, 1.165) is 44.3 Å². The van der Waals surface area contributed by atoms with Gasteiger partial charge in [0, 0.05) is 54.7 Å². The van der Waals surface area contributed by atoms with E-state index < -0.39 is 11.9 Å². The van der Waals surface area contributed by atoms with Gasteiger partial charge in [-0.15, -0.1) is 0 Å². The van der Waals surface area contributed by atoms with E-state index in [2.05, 4.69) is 10.0 Å². The molecule has 1 aliphatic carbocycles. The van der Waals surface area contributed by atoms with Crippen molar-refractivity contribution in [3.8, 4) is 0 Å². The molecule has 0 aromatic heterocycles. The lowest BCUT2D eigenvalue weighted by molar-refractivity contribution is -0.144. The topological polar surface area (TPSA) is 65.5 Å². The van der Waals surface area contributed by atoms with E-state index in [9.17, 15) is 14.0 Å². The fraction of sp³-hybridized carbons (Fsp3) is 0.483. The monoisotopic (exact) mass is 540 g/mol. The zero-order chi connectivity index (χ0) is 26.5. The number of hydrazone groups is 1. The van der Waals surface area contributed by atoms with E-state index in [1.807, 2.05) is 18.2 Å². The minimum atomic E-state index is -0.613. The van der Waals surface area contributed by atoms with Crippen LogP contribution < -0.4 is 0 Å². The Bertz CT molecular complexity index is 1180. The van der Waals surface area contributed by atoms with Crippen molar-refractivity contribution in [2.75, 3.05) is 45.9 Å². The Morgan fingerprint density at radius 3 is 2.50 bits per heavy atom. The molecule has 1 saturated heterocycles. The summed E-state index contributed by atoms with van der Waals surface area (Å²) in [7, 11) is 0. The summed E-state index contributed by atoms with van der Waals surface area (Å²) < 4.78 is 20.4. The molecule has 2 aromatic rings. The maximum Gasteiger partial charge on any atom is 0.262 e. The molecule has 9 heteroatoms. The molecule has 0 unspecified atom stereocenters. The Labute approximate surface area is 228 Å². The molecule has 5 rings (SSSR count). The van der Waals surface area contributed by atoms with Crippen molar-refractivity contribution in [1.82, 2.24) is 14.8 Å². The van der Waals surface area contributed by atoms with Gasteiger partial charge in [-0.25, -0.2) is 9.40 Å². The van der Waals surface area contributed by atoms with E-state index >= 15 is 0 Å². The van der Waals surface area contributed by atoms with Crippen molar-refractivity contribution in [2.24, 2.45) is 11.0 Å². The lowest BCUT2D eigenvalue weighted by atomic mass is 9.98. The molecule has 202 valence electrons. The van der Waals surface area contributed by atoms with Gasteiger partial charge < -0.3 is 9.64 Å². The van der Waals surface area contributed by atoms with E-state index in [-0.39, 0.29) is 24.3 Å². The lowest BCUT2D eigenvalue weighted by Gasteiger charge is -2.32. The van der Waals surface area contributed by atoms with Gasteiger partial charge in [0.25, 0.3) is 5.91 Å². The van der Waals surface area contributed by atoms with Gasteiger partial charge in [0.2, 0.25) is 5.91 Å². The normalized spacial score (nSPS) is 20.5. The van der Waals surface area contributed by atoms with Crippen LogP contribution in [0.4, 0.5) is 4.39 Å². The standard InChI is InChI=1S/C29H34ClFN4O3/c30-24-11-5-3-9-22(24)26-19-27(23-10-4-6-12-25(23)31)35(32-26)28(36)20-34(29(37)21-7-1-2-8-21)14-13-33-15-17-38-18-16-33/h3-6,9-12,21,27H,1-2,7-8,13-20H2/t27-/m1/s1. The van der Waals surface area contributed by atoms with Crippen molar-refractivity contribution in [2.45, 2.75) is 38.1 Å². The molecule has 0 radical (unpaired) electrons. The predicted molar refractivity (Wildman–Crippen MR) is 144 cm³/mol. The number of hydrogen-bond donors (Lipinski definition) is 0. The molecule has 2 fully saturated rings. The van der Waals surface area contributed by atoms with Crippen LogP contribution in [0.3, 0.4) is 0 Å². The van der Waals surface area contributed by atoms with Gasteiger partial charge >= 0.3 is 0 Å². The minimum Gasteiger partial charge on any atom is -0.379 e. The molecule has 1 atom stereocenters. The molecule has 0 N–H and O–H groups in total. The van der Waals surface area contributed by atoms with Crippen LogP contribution in [0, 0.1) is 11.7 Å². The fourth-order valence-electron chi connectivity index (χ4n) is 5.61. The first-order valence-corrected chi connectivity index (χ1v) is 13.9. The molecule has 7 nitrogen and oxygen atoms in total. The summed E-state index contributed by atoms with van der Waals surface area (Å²) in [4.78, 5) is 31.3. The molecule has 2 amide bonds. The Kier molecular flexibility index (Phi) is 8.72. The number of hydrogen-bond acceptors (Lipinski definition) is 5. The van der Waals surface area contributed by atoms with Crippen molar-refractivity contribution >= 4 is 29.1 Å². The number of amides is 2. The fourth-order valence-corrected chi connectivity index (χ4v) is 5.85. The quantitative estimate of drug-likeness (QED) is 0.494. The van der Waals surface area contributed by atoms with Crippen LogP contribution in [0.1, 0.15) is 49.3 Å². The van der Waals surface area contributed by atoms with Gasteiger partial charge in [-0.2, -0.15) is 5.10 Å². The molecule has 1 saturated carbocycles. The number of rotatable bonds is 8. The Morgan fingerprint density at radius 2 is 1.76 bits per heavy atom. The third kappa shape index (κ3) is 6.08. The summed E-state index contributed by atoms with van der Waals surface area (Å²) in [5.41, 5.74) is 1.74. The lowest BCUT2D eigenvalue weighted by Crippen LogP contribution is -2.48. The van der Waals surface area contributed by atoms with Crippen molar-refractivity contribution in [1.29, 1.82) is 0 Å². The zero-order valence-electron chi connectivity index (χ0n) is 21.5. The van der Waals surface area contributed by atoms with Crippen LogP contribution in [0.15, 0.2) is 53.6 Å². The van der Waals surface area contributed by atoms with Gasteiger partial charge in [-0.05, 0) is 25.0 Å². The first-order chi connectivity index (χ1) is 18.5. The van der Waals surface area contributed by atoms with Crippen LogP contribution in [-0.2, 0) is 14.3 Å². The van der Waals surface area contributed by atoms with Crippen LogP contribution in [0.2, 0.25) is 5.02 Å². The second-order valence-electron chi connectivity index (χ2n) is 10.2. The Balaban J connectivity index is 1.39. The molecular weight excluding hydrogens is 507 g/mol. The molecule has 2 aromatic carbocycles. The Hall–Kier alpha value is -2.81. The third-order valence-corrected chi connectivity index (χ3v) is 8.08. The van der Waals surface area contributed by atoms with E-state index in [1.54, 1.807) is 29.2 Å². The summed E-state index contributed by atoms with van der Waals surface area (Å²) in [5.74, 6) is -0.734. The maximum atomic E-state index is 14.9. The number of ether oxygens (including phenoxy) is 1. The maximum absolute atomic E-state index is 14.9. The second-order valence-corrected chi connectivity index (χ2v) is 10.6. The average molecular weight is 541 g/mol. The Morgan fingerprint density at radius 1 is 1.05 bits per heavy atom. The van der Waals surface area contributed by atoms with E-state index in [1.165, 1.54) is 11.1 Å². The summed E-state index contributed by atoms with van der Waals surface area (Å²) in [6.45, 7) is 4.02. The number of nitrogens with zero attached hydrogens (tertiary/aromatic N) is 4. The van der Waals surface area contributed by atoms with Gasteiger partial charge in [0.15, 0.2) is 0 Å². The molecule has 2 heterocycles. The molecule has 2 aliphatic heterocycles. The smallest absolute Gasteiger partial charge is 0.262 e. The van der Waals surface area contributed by atoms with Crippen molar-refractivity contribution < 1.29 is 18.7 Å². The summed E-state index contributed by atoms with van der Waals surface area (Å²) in [6.07, 6.45) is 4.12. The summed E-state index contributed by atoms with van der Waals surface area (Å²) >= 11 is 6.45. The number of halogens is 2. The van der Waals surface area contributed by atoms with Crippen molar-refractivity contribution in [3.63, 3.8) is 0 Å². The SMILES string of the molecule is O=C(C1CCCC1)N(CCN1CCOCC1)CC(=O)N1N=C(c2ccccc2Cl)C[C@@H]1c1ccccc1F. The highest BCUT2D eigenvalue weighted by molar-refractivity contribution is 6.34. The summed E-state index contributed by atoms with van der Waals surface area (Å²) in [5, 5.41) is 6.55. The van der Waals surface area contributed by atoms with E-state index in [0.29, 0.717) is 49.0 Å². The van der Waals surface area contributed by atoms with Crippen LogP contribution in [0.25, 0.3) is 0 Å². The molecular formula is C29H34ClFN4O3. The van der Waals surface area contributed by atoms with Crippen molar-refractivity contribution in [3.05, 3.63) is 70.5 Å². The number of carbonyl (C=O) groups is 2. The number of benzene rings is 2. The highest BCUT2D eigenvalue weighted by atomic mass is 35.5. The van der Waals surface area contributed by atoms with E-state index in [4.69, 9.17) is 16.3 Å². The number of carbonyl (C=O) groups excluding carboxylic acids is 2. The highest BCUT2D eigenvalue weighted by Gasteiger charge is 2.37. The summed E-state index contributed by atoms with van der Waals surface area (Å²) in [6, 6.07) is 13.2. The molecule has 38 heavy (non-hydrogen) atoms. The number of morpholine rings is 1. The average Bonchev–Trinajstić information content (AvgIpc) is 3.63.